The maximum Gasteiger partial charge on any atom is 0.246 e. The maximum atomic E-state index is 11.9. The minimum atomic E-state index is -0.189. The highest BCUT2D eigenvalue weighted by molar-refractivity contribution is 5.94. The van der Waals surface area contributed by atoms with Gasteiger partial charge in [-0.25, -0.2) is 0 Å². The predicted octanol–water partition coefficient (Wildman–Crippen LogP) is 1.99. The van der Waals surface area contributed by atoms with Crippen molar-refractivity contribution in [2.24, 2.45) is 0 Å². The van der Waals surface area contributed by atoms with Crippen molar-refractivity contribution in [3.05, 3.63) is 41.5 Å². The molecule has 4 nitrogen and oxygen atoms in total. The molecule has 0 aliphatic carbocycles. The molecule has 1 rings (SSSR count). The number of carbonyl (C=O) groups is 2. The molecule has 1 N–H and O–H groups in total. The van der Waals surface area contributed by atoms with E-state index >= 15 is 0 Å². The number of nitrogens with zero attached hydrogens (tertiary/aromatic N) is 1. The Bertz CT molecular complexity index is 507. The van der Waals surface area contributed by atoms with E-state index in [-0.39, 0.29) is 24.4 Å². The van der Waals surface area contributed by atoms with Crippen LogP contribution in [-0.2, 0) is 9.59 Å². The lowest BCUT2D eigenvalue weighted by molar-refractivity contribution is -0.131. The van der Waals surface area contributed by atoms with Crippen LogP contribution in [-0.4, -0.2) is 36.3 Å². The molecule has 0 unspecified atom stereocenters. The number of rotatable bonds is 5. The second-order valence-electron chi connectivity index (χ2n) is 5.16. The molecular formula is C16H22N2O2. The largest absolute Gasteiger partial charge is 0.352 e. The molecule has 0 aromatic heterocycles. The van der Waals surface area contributed by atoms with E-state index in [4.69, 9.17) is 0 Å². The minimum Gasteiger partial charge on any atom is -0.352 e. The van der Waals surface area contributed by atoms with Crippen molar-refractivity contribution in [3.8, 4) is 0 Å². The molecule has 1 aromatic rings. The van der Waals surface area contributed by atoms with Crippen LogP contribution in [0.25, 0.3) is 6.08 Å². The van der Waals surface area contributed by atoms with Crippen molar-refractivity contribution >= 4 is 17.9 Å². The highest BCUT2D eigenvalue weighted by Crippen LogP contribution is 2.06. The van der Waals surface area contributed by atoms with Gasteiger partial charge in [-0.2, -0.15) is 0 Å². The Hall–Kier alpha value is -2.10. The summed E-state index contributed by atoms with van der Waals surface area (Å²) in [5.74, 6) is -0.342. The van der Waals surface area contributed by atoms with E-state index < -0.39 is 0 Å². The van der Waals surface area contributed by atoms with E-state index in [0.717, 1.165) is 11.1 Å². The van der Waals surface area contributed by atoms with Crippen molar-refractivity contribution in [1.82, 2.24) is 10.2 Å². The molecule has 0 atom stereocenters. The van der Waals surface area contributed by atoms with Crippen LogP contribution in [0.1, 0.15) is 25.0 Å². The standard InChI is InChI=1S/C16H22N2O2/c1-12(2)17-15(19)11-18(4)16(20)9-8-14-7-5-6-13(3)10-14/h5-10,12H,11H2,1-4H3,(H,17,19)/b9-8+. The van der Waals surface area contributed by atoms with Crippen LogP contribution >= 0.6 is 0 Å². The molecule has 0 bridgehead atoms. The van der Waals surface area contributed by atoms with E-state index in [9.17, 15) is 9.59 Å². The Morgan fingerprint density at radius 3 is 2.65 bits per heavy atom. The molecule has 20 heavy (non-hydrogen) atoms. The van der Waals surface area contributed by atoms with Crippen LogP contribution < -0.4 is 5.32 Å². The predicted molar refractivity (Wildman–Crippen MR) is 81.1 cm³/mol. The van der Waals surface area contributed by atoms with Crippen LogP contribution in [0.15, 0.2) is 30.3 Å². The highest BCUT2D eigenvalue weighted by atomic mass is 16.2. The van der Waals surface area contributed by atoms with E-state index in [2.05, 4.69) is 5.32 Å². The van der Waals surface area contributed by atoms with Gasteiger partial charge in [0.2, 0.25) is 11.8 Å². The van der Waals surface area contributed by atoms with E-state index in [1.165, 1.54) is 11.0 Å². The van der Waals surface area contributed by atoms with Gasteiger partial charge in [0.05, 0.1) is 6.54 Å². The van der Waals surface area contributed by atoms with Crippen molar-refractivity contribution in [2.75, 3.05) is 13.6 Å². The zero-order chi connectivity index (χ0) is 15.1. The molecule has 1 aromatic carbocycles. The molecule has 2 amide bonds. The highest BCUT2D eigenvalue weighted by Gasteiger charge is 2.10. The third-order valence-electron chi connectivity index (χ3n) is 2.67. The van der Waals surface area contributed by atoms with Gasteiger partial charge in [-0.05, 0) is 32.4 Å². The normalized spacial score (nSPS) is 10.8. The molecule has 0 aliphatic rings. The topological polar surface area (TPSA) is 49.4 Å². The third-order valence-corrected chi connectivity index (χ3v) is 2.67. The molecule has 0 aliphatic heterocycles. The quantitative estimate of drug-likeness (QED) is 0.835. The first-order valence-electron chi connectivity index (χ1n) is 6.67. The van der Waals surface area contributed by atoms with E-state index in [0.29, 0.717) is 0 Å². The Labute approximate surface area is 120 Å². The van der Waals surface area contributed by atoms with Crippen LogP contribution in [0.5, 0.6) is 0 Å². The van der Waals surface area contributed by atoms with Gasteiger partial charge in [0.25, 0.3) is 0 Å². The zero-order valence-electron chi connectivity index (χ0n) is 12.5. The third kappa shape index (κ3) is 5.69. The second-order valence-corrected chi connectivity index (χ2v) is 5.16. The number of carbonyl (C=O) groups excluding carboxylic acids is 2. The summed E-state index contributed by atoms with van der Waals surface area (Å²) in [6.07, 6.45) is 3.24. The Morgan fingerprint density at radius 1 is 1.35 bits per heavy atom. The number of likely N-dealkylation sites (N-methyl/N-ethyl adjacent to an activating group) is 1. The Balaban J connectivity index is 2.55. The lowest BCUT2D eigenvalue weighted by Crippen LogP contribution is -2.40. The van der Waals surface area contributed by atoms with Crippen LogP contribution in [0, 0.1) is 6.92 Å². The smallest absolute Gasteiger partial charge is 0.246 e. The summed E-state index contributed by atoms with van der Waals surface area (Å²) < 4.78 is 0. The van der Waals surface area contributed by atoms with Gasteiger partial charge in [0, 0.05) is 19.2 Å². The first kappa shape index (κ1) is 16.0. The monoisotopic (exact) mass is 274 g/mol. The average molecular weight is 274 g/mol. The van der Waals surface area contributed by atoms with E-state index in [1.807, 2.05) is 45.0 Å². The molecule has 0 spiro atoms. The van der Waals surface area contributed by atoms with Gasteiger partial charge >= 0.3 is 0 Å². The summed E-state index contributed by atoms with van der Waals surface area (Å²) >= 11 is 0. The molecule has 0 radical (unpaired) electrons. The van der Waals surface area contributed by atoms with Gasteiger partial charge in [0.15, 0.2) is 0 Å². The number of nitrogens with one attached hydrogen (secondary N) is 1. The van der Waals surface area contributed by atoms with E-state index in [1.54, 1.807) is 13.1 Å². The molecule has 0 saturated heterocycles. The molecule has 0 saturated carbocycles. The summed E-state index contributed by atoms with van der Waals surface area (Å²) in [6.45, 7) is 5.84. The van der Waals surface area contributed by atoms with Crippen LogP contribution in [0.4, 0.5) is 0 Å². The lowest BCUT2D eigenvalue weighted by Gasteiger charge is -2.16. The second kappa shape index (κ2) is 7.48. The lowest BCUT2D eigenvalue weighted by atomic mass is 10.1. The summed E-state index contributed by atoms with van der Waals surface area (Å²) in [5.41, 5.74) is 2.11. The Morgan fingerprint density at radius 2 is 2.05 bits per heavy atom. The van der Waals surface area contributed by atoms with Gasteiger partial charge < -0.3 is 10.2 Å². The SMILES string of the molecule is Cc1cccc(/C=C/C(=O)N(C)CC(=O)NC(C)C)c1. The Kier molecular flexibility index (Phi) is 5.97. The first-order valence-corrected chi connectivity index (χ1v) is 6.67. The fourth-order valence-electron chi connectivity index (χ4n) is 1.73. The minimum absolute atomic E-state index is 0.0647. The summed E-state index contributed by atoms with van der Waals surface area (Å²) in [6, 6.07) is 7.95. The van der Waals surface area contributed by atoms with Gasteiger partial charge in [-0.3, -0.25) is 9.59 Å². The van der Waals surface area contributed by atoms with Gasteiger partial charge in [0.1, 0.15) is 0 Å². The molecule has 0 heterocycles. The molecular weight excluding hydrogens is 252 g/mol. The number of amides is 2. The average Bonchev–Trinajstić information content (AvgIpc) is 2.34. The summed E-state index contributed by atoms with van der Waals surface area (Å²) in [5, 5.41) is 2.75. The van der Waals surface area contributed by atoms with Crippen molar-refractivity contribution in [1.29, 1.82) is 0 Å². The fourth-order valence-corrected chi connectivity index (χ4v) is 1.73. The van der Waals surface area contributed by atoms with Gasteiger partial charge in [-0.15, -0.1) is 0 Å². The van der Waals surface area contributed by atoms with Crippen molar-refractivity contribution in [2.45, 2.75) is 26.8 Å². The first-order chi connectivity index (χ1) is 9.38. The fraction of sp³-hybridized carbons (Fsp3) is 0.375. The summed E-state index contributed by atoms with van der Waals surface area (Å²) in [7, 11) is 1.61. The number of hydrogen-bond acceptors (Lipinski definition) is 2. The molecule has 4 heteroatoms. The molecule has 108 valence electrons. The number of benzene rings is 1. The zero-order valence-corrected chi connectivity index (χ0v) is 12.5. The number of aryl methyl sites for hydroxylation is 1. The van der Waals surface area contributed by atoms with Crippen molar-refractivity contribution in [3.63, 3.8) is 0 Å². The van der Waals surface area contributed by atoms with Crippen molar-refractivity contribution < 1.29 is 9.59 Å². The van der Waals surface area contributed by atoms with Gasteiger partial charge in [-0.1, -0.05) is 29.8 Å². The van der Waals surface area contributed by atoms with Crippen LogP contribution in [0.2, 0.25) is 0 Å². The van der Waals surface area contributed by atoms with Crippen LogP contribution in [0.3, 0.4) is 0 Å². The number of hydrogen-bond donors (Lipinski definition) is 1. The summed E-state index contributed by atoms with van der Waals surface area (Å²) in [4.78, 5) is 24.8. The maximum absolute atomic E-state index is 11.9. The molecule has 0 fully saturated rings.